The van der Waals surface area contributed by atoms with Crippen molar-refractivity contribution in [2.45, 2.75) is 66.2 Å². The number of nitrogens with zero attached hydrogens (tertiary/aromatic N) is 3. The Labute approximate surface area is 235 Å². The zero-order valence-electron chi connectivity index (χ0n) is 23.8. The third-order valence-corrected chi connectivity index (χ3v) is 7.98. The predicted molar refractivity (Wildman–Crippen MR) is 164 cm³/mol. The fourth-order valence-electron chi connectivity index (χ4n) is 5.65. The number of carboxylic acid groups (broad SMARTS) is 1. The first kappa shape index (κ1) is 31.4. The number of benzene rings is 2. The lowest BCUT2D eigenvalue weighted by molar-refractivity contribution is -0.122. The van der Waals surface area contributed by atoms with E-state index in [9.17, 15) is 0 Å². The summed E-state index contributed by atoms with van der Waals surface area (Å²) in [6, 6.07) is 15.4. The molecule has 6 heteroatoms. The molecule has 2 aromatic rings. The Morgan fingerprint density at radius 2 is 1.24 bits per heavy atom. The number of hydrogen-bond acceptors (Lipinski definition) is 4. The van der Waals surface area contributed by atoms with Crippen molar-refractivity contribution >= 4 is 35.1 Å². The first-order chi connectivity index (χ1) is 18.6. The Bertz CT molecular complexity index is 1000. The zero-order valence-corrected chi connectivity index (χ0v) is 24.5. The normalized spacial score (nSPS) is 17.6. The summed E-state index contributed by atoms with van der Waals surface area (Å²) in [6.07, 6.45) is 13.3. The molecule has 0 bridgehead atoms. The van der Waals surface area contributed by atoms with E-state index >= 15 is 0 Å². The molecule has 0 aliphatic carbocycles. The van der Waals surface area contributed by atoms with Crippen LogP contribution in [0.5, 0.6) is 0 Å². The van der Waals surface area contributed by atoms with Crippen LogP contribution in [-0.2, 0) is 4.79 Å². The Balaban J connectivity index is 0.000000665. The molecule has 3 fully saturated rings. The molecular weight excluding hydrogens is 494 g/mol. The summed E-state index contributed by atoms with van der Waals surface area (Å²) in [5, 5.41) is 7.57. The fourth-order valence-corrected chi connectivity index (χ4v) is 5.88. The van der Waals surface area contributed by atoms with Crippen molar-refractivity contribution in [3.8, 4) is 12.3 Å². The smallest absolute Gasteiger partial charge is 0.290 e. The van der Waals surface area contributed by atoms with Gasteiger partial charge in [0.1, 0.15) is 0 Å². The van der Waals surface area contributed by atoms with Gasteiger partial charge in [0, 0.05) is 61.9 Å². The van der Waals surface area contributed by atoms with E-state index < -0.39 is 0 Å². The van der Waals surface area contributed by atoms with Gasteiger partial charge in [0.05, 0.1) is 5.02 Å². The molecule has 3 aliphatic heterocycles. The van der Waals surface area contributed by atoms with Crippen molar-refractivity contribution in [2.24, 2.45) is 5.41 Å². The van der Waals surface area contributed by atoms with Gasteiger partial charge in [0.2, 0.25) is 0 Å². The summed E-state index contributed by atoms with van der Waals surface area (Å²) >= 11 is 6.35. The van der Waals surface area contributed by atoms with Crippen LogP contribution in [0.25, 0.3) is 0 Å². The van der Waals surface area contributed by atoms with Gasteiger partial charge >= 0.3 is 0 Å². The molecule has 0 radical (unpaired) electrons. The maximum atomic E-state index is 8.36. The molecule has 2 aromatic carbocycles. The van der Waals surface area contributed by atoms with Crippen molar-refractivity contribution in [3.05, 3.63) is 53.1 Å². The number of piperidine rings is 2. The van der Waals surface area contributed by atoms with E-state index in [1.165, 1.54) is 68.7 Å². The molecule has 0 saturated carbocycles. The van der Waals surface area contributed by atoms with Crippen LogP contribution in [0.4, 0.5) is 17.1 Å². The van der Waals surface area contributed by atoms with Crippen molar-refractivity contribution in [2.75, 3.05) is 54.0 Å². The minimum absolute atomic E-state index is 0.250. The second kappa shape index (κ2) is 16.2. The first-order valence-corrected chi connectivity index (χ1v) is 14.6. The summed E-state index contributed by atoms with van der Waals surface area (Å²) in [6.45, 7) is 14.7. The highest BCUT2D eigenvalue weighted by Gasteiger charge is 2.40. The van der Waals surface area contributed by atoms with Gasteiger partial charge in [0.15, 0.2) is 0 Å². The molecule has 0 atom stereocenters. The highest BCUT2D eigenvalue weighted by molar-refractivity contribution is 6.32. The van der Waals surface area contributed by atoms with Crippen LogP contribution < -0.4 is 14.7 Å². The van der Waals surface area contributed by atoms with Gasteiger partial charge in [-0.1, -0.05) is 45.2 Å². The Kier molecular flexibility index (Phi) is 13.4. The molecule has 3 aliphatic rings. The number of terminal acetylenes is 1. The van der Waals surface area contributed by atoms with Crippen LogP contribution in [0, 0.1) is 17.8 Å². The molecule has 0 amide bonds. The molecule has 1 spiro atoms. The molecule has 3 saturated heterocycles. The van der Waals surface area contributed by atoms with Crippen LogP contribution in [-0.4, -0.2) is 50.8 Å². The van der Waals surface area contributed by atoms with Crippen molar-refractivity contribution < 1.29 is 9.90 Å². The van der Waals surface area contributed by atoms with E-state index in [-0.39, 0.29) is 6.47 Å². The molecular formula is C32H46ClN3O2. The monoisotopic (exact) mass is 539 g/mol. The van der Waals surface area contributed by atoms with Gasteiger partial charge < -0.3 is 19.8 Å². The maximum Gasteiger partial charge on any atom is 0.290 e. The fraction of sp³-hybridized carbons (Fsp3) is 0.531. The summed E-state index contributed by atoms with van der Waals surface area (Å²) in [5.41, 5.74) is 5.18. The third-order valence-electron chi connectivity index (χ3n) is 7.67. The van der Waals surface area contributed by atoms with Gasteiger partial charge in [-0.3, -0.25) is 4.79 Å². The topological polar surface area (TPSA) is 47.0 Å². The Hall–Kier alpha value is -2.84. The van der Waals surface area contributed by atoms with E-state index in [2.05, 4.69) is 51.0 Å². The zero-order chi connectivity index (χ0) is 28.0. The number of rotatable bonds is 3. The van der Waals surface area contributed by atoms with Crippen molar-refractivity contribution in [1.29, 1.82) is 0 Å². The molecule has 3 heterocycles. The minimum Gasteiger partial charge on any atom is -0.483 e. The molecule has 5 rings (SSSR count). The van der Waals surface area contributed by atoms with E-state index in [0.717, 1.165) is 31.7 Å². The minimum atomic E-state index is -0.250. The highest BCUT2D eigenvalue weighted by Crippen LogP contribution is 2.43. The van der Waals surface area contributed by atoms with Crippen LogP contribution in [0.3, 0.4) is 0 Å². The Morgan fingerprint density at radius 3 is 1.71 bits per heavy atom. The van der Waals surface area contributed by atoms with Crippen LogP contribution in [0.2, 0.25) is 5.02 Å². The van der Waals surface area contributed by atoms with Gasteiger partial charge in [0.25, 0.3) is 6.47 Å². The SMILES string of the molecule is C#Cc1ccc(N2CCC3(CCN(c4ccc(N5CCCCC5)cc4)CC3)C2)cc1Cl.CC.CC.O=CO. The molecule has 0 aromatic heterocycles. The summed E-state index contributed by atoms with van der Waals surface area (Å²) in [4.78, 5) is 16.0. The maximum absolute atomic E-state index is 8.36. The van der Waals surface area contributed by atoms with Crippen LogP contribution >= 0.6 is 11.6 Å². The molecule has 1 N–H and O–H groups in total. The number of halogens is 1. The van der Waals surface area contributed by atoms with Crippen LogP contribution in [0.15, 0.2) is 42.5 Å². The van der Waals surface area contributed by atoms with E-state index in [0.29, 0.717) is 10.4 Å². The second-order valence-electron chi connectivity index (χ2n) is 9.64. The average Bonchev–Trinajstić information content (AvgIpc) is 3.40. The second-order valence-corrected chi connectivity index (χ2v) is 10.0. The Morgan fingerprint density at radius 1 is 0.789 bits per heavy atom. The standard InChI is InChI=1S/C27H32ClN3.2C2H6.CH2O2/c1-2-22-6-7-25(20-26(22)28)31-19-14-27(21-31)12-17-30(18-13-27)24-10-8-23(9-11-24)29-15-4-3-5-16-29;2*1-2;2-1-3/h1,6-11,20H,3-5,12-19,21H2;2*1-2H3;1H,(H,2,3). The van der Waals surface area contributed by atoms with E-state index in [1.54, 1.807) is 0 Å². The molecule has 0 unspecified atom stereocenters. The molecule has 208 valence electrons. The molecule has 5 nitrogen and oxygen atoms in total. The average molecular weight is 540 g/mol. The largest absolute Gasteiger partial charge is 0.483 e. The lowest BCUT2D eigenvalue weighted by Gasteiger charge is -2.40. The summed E-state index contributed by atoms with van der Waals surface area (Å²) in [5.74, 6) is 2.65. The van der Waals surface area contributed by atoms with Crippen molar-refractivity contribution in [1.82, 2.24) is 0 Å². The third kappa shape index (κ3) is 8.08. The quantitative estimate of drug-likeness (QED) is 0.322. The first-order valence-electron chi connectivity index (χ1n) is 14.3. The number of carbonyl (C=O) groups is 1. The van der Waals surface area contributed by atoms with Gasteiger partial charge in [-0.2, -0.15) is 0 Å². The van der Waals surface area contributed by atoms with Crippen molar-refractivity contribution in [3.63, 3.8) is 0 Å². The van der Waals surface area contributed by atoms with E-state index in [4.69, 9.17) is 27.9 Å². The predicted octanol–water partition coefficient (Wildman–Crippen LogP) is 7.56. The molecule has 38 heavy (non-hydrogen) atoms. The summed E-state index contributed by atoms with van der Waals surface area (Å²) in [7, 11) is 0. The highest BCUT2D eigenvalue weighted by atomic mass is 35.5. The van der Waals surface area contributed by atoms with Gasteiger partial charge in [-0.05, 0) is 86.4 Å². The lowest BCUT2D eigenvalue weighted by Crippen LogP contribution is -2.41. The number of hydrogen-bond donors (Lipinski definition) is 1. The van der Waals surface area contributed by atoms with Gasteiger partial charge in [-0.15, -0.1) is 6.42 Å². The van der Waals surface area contributed by atoms with Crippen LogP contribution in [0.1, 0.15) is 71.8 Å². The van der Waals surface area contributed by atoms with E-state index in [1.807, 2.05) is 39.8 Å². The lowest BCUT2D eigenvalue weighted by atomic mass is 9.77. The summed E-state index contributed by atoms with van der Waals surface area (Å²) < 4.78 is 0. The number of anilines is 3. The van der Waals surface area contributed by atoms with Gasteiger partial charge in [-0.25, -0.2) is 0 Å².